The first-order chi connectivity index (χ1) is 26.3. The van der Waals surface area contributed by atoms with Gasteiger partial charge in [-0.3, -0.25) is 0 Å². The van der Waals surface area contributed by atoms with Crippen molar-refractivity contribution in [1.82, 2.24) is 39.9 Å². The van der Waals surface area contributed by atoms with Gasteiger partial charge in [-0.1, -0.05) is 156 Å². The number of aromatic nitrogens is 8. The molecule has 0 spiro atoms. The van der Waals surface area contributed by atoms with Gasteiger partial charge in [-0.15, -0.1) is 12.4 Å². The monoisotopic (exact) mass is 838 g/mol. The van der Waals surface area contributed by atoms with Gasteiger partial charge in [0.25, 0.3) is 0 Å². The molecule has 9 rings (SSSR count). The zero-order valence-electron chi connectivity index (χ0n) is 35.7. The number of H-pyrrole nitrogens is 2. The van der Waals surface area contributed by atoms with E-state index < -0.39 is 0 Å². The van der Waals surface area contributed by atoms with Crippen molar-refractivity contribution in [2.24, 2.45) is 0 Å². The smallest absolute Gasteiger partial charge is 0.164 e. The Labute approximate surface area is 359 Å². The predicted octanol–water partition coefficient (Wildman–Crippen LogP) is 12.5. The molecule has 5 heterocycles. The number of hydrogen-bond donors (Lipinski definition) is 2. The average Bonchev–Trinajstić information content (AvgIpc) is 3.84. The van der Waals surface area contributed by atoms with E-state index in [0.717, 1.165) is 55.1 Å². The molecular formula is C48H51ClN8Zn. The van der Waals surface area contributed by atoms with Crippen LogP contribution in [0.25, 0.3) is 89.7 Å². The molecule has 10 heteroatoms. The maximum atomic E-state index is 5.53. The molecule has 0 amide bonds. The molecule has 0 fully saturated rings. The Morgan fingerprint density at radius 2 is 0.603 bits per heavy atom. The normalized spacial score (nSPS) is 12.9. The number of rotatable bonds is 0. The van der Waals surface area contributed by atoms with Crippen molar-refractivity contribution >= 4 is 56.5 Å². The predicted molar refractivity (Wildman–Crippen MR) is 238 cm³/mol. The molecular weight excluding hydrogens is 789 g/mol. The molecule has 0 saturated carbocycles. The van der Waals surface area contributed by atoms with E-state index in [1.807, 2.05) is 36.4 Å². The van der Waals surface area contributed by atoms with Crippen molar-refractivity contribution in [3.05, 3.63) is 95.1 Å². The van der Waals surface area contributed by atoms with E-state index in [1.54, 1.807) is 0 Å². The fourth-order valence-corrected chi connectivity index (χ4v) is 8.90. The van der Waals surface area contributed by atoms with Gasteiger partial charge >= 0.3 is 0 Å². The molecule has 2 N–H and O–H groups in total. The van der Waals surface area contributed by atoms with Crippen LogP contribution in [0.15, 0.2) is 72.8 Å². The van der Waals surface area contributed by atoms with E-state index in [0.29, 0.717) is 34.6 Å². The molecule has 0 unspecified atom stereocenters. The van der Waals surface area contributed by atoms with Crippen LogP contribution in [0.5, 0.6) is 0 Å². The van der Waals surface area contributed by atoms with Crippen LogP contribution < -0.4 is 0 Å². The van der Waals surface area contributed by atoms with Crippen molar-refractivity contribution < 1.29 is 19.5 Å². The summed E-state index contributed by atoms with van der Waals surface area (Å²) >= 11 is 0. The summed E-state index contributed by atoms with van der Waals surface area (Å²) in [6.07, 6.45) is 0. The summed E-state index contributed by atoms with van der Waals surface area (Å²) in [6, 6.07) is 24.6. The fraction of sp³-hybridized carbons (Fsp3) is 0.333. The summed E-state index contributed by atoms with van der Waals surface area (Å²) in [5.41, 5.74) is 10.9. The maximum absolute atomic E-state index is 5.53. The van der Waals surface area contributed by atoms with Crippen LogP contribution in [0.2, 0.25) is 0 Å². The average molecular weight is 841 g/mol. The molecule has 58 heavy (non-hydrogen) atoms. The van der Waals surface area contributed by atoms with Crippen LogP contribution in [-0.4, -0.2) is 39.9 Å². The molecule has 2 aliphatic rings. The van der Waals surface area contributed by atoms with Gasteiger partial charge in [0, 0.05) is 63.3 Å². The SMILES string of the molecule is CC(C)(C)c1c(C(C)(C)C)c(C(C)(C)C)c2c3nc4nc(nc5[nH]c(nc6nc(nc([nH]3)c2c1C(C)(C)C)-c1ccccc1-6)c1ccccc51)-c1ccccc1-4.Cl.[Zn]. The van der Waals surface area contributed by atoms with Crippen molar-refractivity contribution in [2.75, 3.05) is 0 Å². The molecule has 0 atom stereocenters. The minimum atomic E-state index is -0.259. The summed E-state index contributed by atoms with van der Waals surface area (Å²) < 4.78 is 0. The van der Waals surface area contributed by atoms with E-state index in [4.69, 9.17) is 29.9 Å². The Hall–Kier alpha value is -4.85. The van der Waals surface area contributed by atoms with Gasteiger partial charge in [0.2, 0.25) is 0 Å². The number of hydrogen-bond acceptors (Lipinski definition) is 6. The zero-order valence-corrected chi connectivity index (χ0v) is 39.5. The van der Waals surface area contributed by atoms with Crippen molar-refractivity contribution in [1.29, 1.82) is 0 Å². The van der Waals surface area contributed by atoms with Gasteiger partial charge in [-0.25, -0.2) is 29.9 Å². The summed E-state index contributed by atoms with van der Waals surface area (Å²) in [7, 11) is 0. The number of fused-ring (bicyclic) bond motifs is 20. The topological polar surface area (TPSA) is 109 Å². The van der Waals surface area contributed by atoms with Gasteiger partial charge in [-0.05, 0) is 43.9 Å². The number of nitrogens with one attached hydrogen (secondary N) is 2. The summed E-state index contributed by atoms with van der Waals surface area (Å²) in [6.45, 7) is 28.0. The number of halogens is 1. The van der Waals surface area contributed by atoms with Gasteiger partial charge in [0.05, 0.1) is 0 Å². The number of benzene rings is 4. The largest absolute Gasteiger partial charge is 0.324 e. The molecule has 2 aliphatic heterocycles. The summed E-state index contributed by atoms with van der Waals surface area (Å²) in [5.74, 6) is 2.41. The minimum Gasteiger partial charge on any atom is -0.324 e. The number of aromatic amines is 2. The zero-order chi connectivity index (χ0) is 39.7. The van der Waals surface area contributed by atoms with Crippen molar-refractivity contribution in [2.45, 2.75) is 105 Å². The standard InChI is InChI=1S/C48H50N8.ClH.Zn/c1-45(2,3)33-31-32(34(46(4,5)6)36(48(10,11)12)35(33)47(7,8)9)44-55-42-30-24-18-16-22-28(30)40(53-42)51-38-26-20-14-13-19-25(26)37(49-38)50-39-27-21-15-17-23-29(27)41(52-39)54-43(31)56-44;;/h13-24H,1-12H3,(H2,49,50,51,52,53,54,55,56);1H;. The van der Waals surface area contributed by atoms with E-state index in [9.17, 15) is 0 Å². The van der Waals surface area contributed by atoms with Gasteiger partial charge < -0.3 is 9.97 Å². The van der Waals surface area contributed by atoms with E-state index in [2.05, 4.69) is 129 Å². The molecule has 292 valence electrons. The van der Waals surface area contributed by atoms with E-state index >= 15 is 0 Å². The summed E-state index contributed by atoms with van der Waals surface area (Å²) in [4.78, 5) is 39.2. The third-order valence-electron chi connectivity index (χ3n) is 11.0. The molecule has 7 aromatic rings. The van der Waals surface area contributed by atoms with Gasteiger partial charge in [0.15, 0.2) is 23.3 Å². The fourth-order valence-electron chi connectivity index (χ4n) is 8.90. The van der Waals surface area contributed by atoms with Gasteiger partial charge in [-0.2, -0.15) is 0 Å². The Morgan fingerprint density at radius 3 is 0.897 bits per heavy atom. The van der Waals surface area contributed by atoms with Crippen LogP contribution in [0.4, 0.5) is 0 Å². The number of nitrogens with zero attached hydrogens (tertiary/aromatic N) is 6. The van der Waals surface area contributed by atoms with Gasteiger partial charge in [0.1, 0.15) is 22.6 Å². The maximum Gasteiger partial charge on any atom is 0.164 e. The van der Waals surface area contributed by atoms with Crippen LogP contribution in [-0.2, 0) is 41.1 Å². The van der Waals surface area contributed by atoms with E-state index in [-0.39, 0.29) is 53.5 Å². The van der Waals surface area contributed by atoms with E-state index in [1.165, 1.54) is 22.3 Å². The molecule has 3 aromatic heterocycles. The molecule has 0 aliphatic carbocycles. The second-order valence-corrected chi connectivity index (χ2v) is 19.5. The Morgan fingerprint density at radius 1 is 0.345 bits per heavy atom. The second-order valence-electron chi connectivity index (χ2n) is 19.5. The Bertz CT molecular complexity index is 2770. The molecule has 8 nitrogen and oxygen atoms in total. The van der Waals surface area contributed by atoms with Crippen LogP contribution in [0.3, 0.4) is 0 Å². The summed E-state index contributed by atoms with van der Waals surface area (Å²) in [5, 5.41) is 4.06. The molecule has 4 aromatic carbocycles. The van der Waals surface area contributed by atoms with Crippen LogP contribution in [0.1, 0.15) is 105 Å². The molecule has 0 radical (unpaired) electrons. The Kier molecular flexibility index (Phi) is 9.89. The minimum absolute atomic E-state index is 0. The first-order valence-electron chi connectivity index (χ1n) is 19.7. The van der Waals surface area contributed by atoms with Crippen molar-refractivity contribution in [3.63, 3.8) is 0 Å². The van der Waals surface area contributed by atoms with Crippen LogP contribution in [0, 0.1) is 0 Å². The van der Waals surface area contributed by atoms with Crippen LogP contribution >= 0.6 is 12.4 Å². The third-order valence-corrected chi connectivity index (χ3v) is 11.0. The molecule has 0 saturated heterocycles. The quantitative estimate of drug-likeness (QED) is 0.147. The van der Waals surface area contributed by atoms with Crippen molar-refractivity contribution in [3.8, 4) is 45.6 Å². The first kappa shape index (κ1) is 41.3. The second kappa shape index (κ2) is 13.9. The Balaban J connectivity index is 0.00000256. The first-order valence-corrected chi connectivity index (χ1v) is 19.7. The molecule has 8 bridgehead atoms. The third kappa shape index (κ3) is 6.55.